The normalized spacial score (nSPS) is 10.5. The third-order valence-electron chi connectivity index (χ3n) is 1.56. The molecule has 0 saturated carbocycles. The number of fused-ring (bicyclic) bond motifs is 1. The van der Waals surface area contributed by atoms with E-state index in [2.05, 4.69) is 26.0 Å². The Kier molecular flexibility index (Phi) is 1.73. The van der Waals surface area contributed by atoms with Crippen LogP contribution in [0.4, 0.5) is 0 Å². The summed E-state index contributed by atoms with van der Waals surface area (Å²) < 4.78 is 7.70. The molecule has 0 unspecified atom stereocenters. The number of ether oxygens (including phenoxy) is 1. The maximum Gasteiger partial charge on any atom is 0.242 e. The maximum absolute atomic E-state index is 5.06. The van der Waals surface area contributed by atoms with Crippen molar-refractivity contribution in [2.75, 3.05) is 7.11 Å². The molecule has 0 spiro atoms. The van der Waals surface area contributed by atoms with Crippen LogP contribution in [0.5, 0.6) is 5.88 Å². The van der Waals surface area contributed by atoms with Crippen LogP contribution in [0.3, 0.4) is 0 Å². The summed E-state index contributed by atoms with van der Waals surface area (Å²) in [5, 5.41) is 4.01. The van der Waals surface area contributed by atoms with Gasteiger partial charge in [0.2, 0.25) is 5.88 Å². The highest BCUT2D eigenvalue weighted by atomic mass is 79.9. The van der Waals surface area contributed by atoms with Gasteiger partial charge in [-0.1, -0.05) is 0 Å². The summed E-state index contributed by atoms with van der Waals surface area (Å²) in [7, 11) is 1.59. The Morgan fingerprint density at radius 3 is 3.17 bits per heavy atom. The second-order valence-electron chi connectivity index (χ2n) is 2.23. The summed E-state index contributed by atoms with van der Waals surface area (Å²) in [6.45, 7) is 0. The smallest absolute Gasteiger partial charge is 0.242 e. The van der Waals surface area contributed by atoms with E-state index in [0.29, 0.717) is 5.88 Å². The van der Waals surface area contributed by atoms with Crippen LogP contribution in [-0.4, -0.2) is 21.7 Å². The van der Waals surface area contributed by atoms with Crippen molar-refractivity contribution >= 4 is 21.4 Å². The van der Waals surface area contributed by atoms with E-state index in [0.717, 1.165) is 9.99 Å². The predicted molar refractivity (Wildman–Crippen MR) is 47.2 cm³/mol. The lowest BCUT2D eigenvalue weighted by atomic mass is 10.5. The molecule has 0 N–H and O–H groups in total. The van der Waals surface area contributed by atoms with Crippen molar-refractivity contribution in [3.05, 3.63) is 23.1 Å². The Morgan fingerprint density at radius 1 is 1.58 bits per heavy atom. The molecule has 2 heterocycles. The zero-order chi connectivity index (χ0) is 8.55. The molecule has 62 valence electrons. The van der Waals surface area contributed by atoms with Crippen molar-refractivity contribution in [1.29, 1.82) is 0 Å². The second-order valence-corrected chi connectivity index (χ2v) is 3.08. The van der Waals surface area contributed by atoms with Gasteiger partial charge in [-0.3, -0.25) is 0 Å². The standard InChI is InChI=1S/C7H6BrN3O/c1-12-7-6-5(8)2-3-11(6)10-4-9-7/h2-4H,1H3. The average Bonchev–Trinajstić information content (AvgIpc) is 2.48. The van der Waals surface area contributed by atoms with E-state index in [-0.39, 0.29) is 0 Å². The number of aromatic nitrogens is 3. The summed E-state index contributed by atoms with van der Waals surface area (Å²) >= 11 is 3.38. The highest BCUT2D eigenvalue weighted by Crippen LogP contribution is 2.24. The maximum atomic E-state index is 5.06. The first-order chi connectivity index (χ1) is 5.83. The van der Waals surface area contributed by atoms with Crippen LogP contribution in [0, 0.1) is 0 Å². The largest absolute Gasteiger partial charge is 0.479 e. The number of halogens is 1. The minimum Gasteiger partial charge on any atom is -0.479 e. The number of nitrogens with zero attached hydrogens (tertiary/aromatic N) is 3. The van der Waals surface area contributed by atoms with Gasteiger partial charge < -0.3 is 4.74 Å². The zero-order valence-electron chi connectivity index (χ0n) is 6.36. The van der Waals surface area contributed by atoms with Crippen LogP contribution in [-0.2, 0) is 0 Å². The van der Waals surface area contributed by atoms with E-state index < -0.39 is 0 Å². The molecule has 2 rings (SSSR count). The quantitative estimate of drug-likeness (QED) is 0.742. The van der Waals surface area contributed by atoms with E-state index in [9.17, 15) is 0 Å². The minimum atomic E-state index is 0.571. The van der Waals surface area contributed by atoms with Gasteiger partial charge in [0.05, 0.1) is 11.6 Å². The molecule has 0 aliphatic heterocycles. The topological polar surface area (TPSA) is 39.4 Å². The highest BCUT2D eigenvalue weighted by molar-refractivity contribution is 9.10. The molecular weight excluding hydrogens is 222 g/mol. The number of hydrogen-bond acceptors (Lipinski definition) is 3. The summed E-state index contributed by atoms with van der Waals surface area (Å²) in [6, 6.07) is 1.90. The molecule has 12 heavy (non-hydrogen) atoms. The van der Waals surface area contributed by atoms with Crippen molar-refractivity contribution in [3.8, 4) is 5.88 Å². The summed E-state index contributed by atoms with van der Waals surface area (Å²) in [5.74, 6) is 0.571. The van der Waals surface area contributed by atoms with Crippen LogP contribution in [0.15, 0.2) is 23.1 Å². The minimum absolute atomic E-state index is 0.571. The first-order valence-electron chi connectivity index (χ1n) is 3.35. The molecule has 0 radical (unpaired) electrons. The number of methoxy groups -OCH3 is 1. The molecule has 2 aromatic rings. The van der Waals surface area contributed by atoms with Gasteiger partial charge >= 0.3 is 0 Å². The Balaban J connectivity index is 2.84. The third kappa shape index (κ3) is 0.972. The van der Waals surface area contributed by atoms with Gasteiger partial charge in [0.1, 0.15) is 11.8 Å². The molecule has 0 aromatic carbocycles. The van der Waals surface area contributed by atoms with Crippen LogP contribution in [0.2, 0.25) is 0 Å². The lowest BCUT2D eigenvalue weighted by Gasteiger charge is -2.00. The average molecular weight is 228 g/mol. The first-order valence-corrected chi connectivity index (χ1v) is 4.14. The Hall–Kier alpha value is -1.10. The molecule has 0 amide bonds. The van der Waals surface area contributed by atoms with Crippen molar-refractivity contribution in [2.45, 2.75) is 0 Å². The molecule has 0 aliphatic carbocycles. The van der Waals surface area contributed by atoms with Gasteiger partial charge in [-0.25, -0.2) is 4.52 Å². The van der Waals surface area contributed by atoms with E-state index in [4.69, 9.17) is 4.74 Å². The molecule has 4 nitrogen and oxygen atoms in total. The Labute approximate surface area is 77.3 Å². The van der Waals surface area contributed by atoms with E-state index in [1.165, 1.54) is 6.33 Å². The van der Waals surface area contributed by atoms with Crippen LogP contribution in [0.25, 0.3) is 5.52 Å². The first kappa shape index (κ1) is 7.54. The van der Waals surface area contributed by atoms with Gasteiger partial charge in [0, 0.05) is 6.20 Å². The molecule has 0 aliphatic rings. The highest BCUT2D eigenvalue weighted by Gasteiger charge is 2.06. The van der Waals surface area contributed by atoms with Crippen LogP contribution >= 0.6 is 15.9 Å². The van der Waals surface area contributed by atoms with Crippen molar-refractivity contribution in [2.24, 2.45) is 0 Å². The fourth-order valence-corrected chi connectivity index (χ4v) is 1.51. The fraction of sp³-hybridized carbons (Fsp3) is 0.143. The molecule has 0 saturated heterocycles. The van der Waals surface area contributed by atoms with Crippen LogP contribution < -0.4 is 4.74 Å². The molecule has 0 atom stereocenters. The lowest BCUT2D eigenvalue weighted by Crippen LogP contribution is -1.95. The van der Waals surface area contributed by atoms with Gasteiger partial charge in [0.25, 0.3) is 0 Å². The van der Waals surface area contributed by atoms with Gasteiger partial charge in [-0.2, -0.15) is 10.1 Å². The van der Waals surface area contributed by atoms with E-state index in [1.807, 2.05) is 12.3 Å². The molecule has 0 bridgehead atoms. The van der Waals surface area contributed by atoms with Gasteiger partial charge in [-0.15, -0.1) is 0 Å². The SMILES string of the molecule is COc1ncnn2ccc(Br)c12. The Bertz CT molecular complexity index is 412. The van der Waals surface area contributed by atoms with Crippen molar-refractivity contribution < 1.29 is 4.74 Å². The molecule has 2 aromatic heterocycles. The number of rotatable bonds is 1. The van der Waals surface area contributed by atoms with Crippen LogP contribution in [0.1, 0.15) is 0 Å². The Morgan fingerprint density at radius 2 is 2.42 bits per heavy atom. The van der Waals surface area contributed by atoms with E-state index in [1.54, 1.807) is 11.6 Å². The lowest BCUT2D eigenvalue weighted by molar-refractivity contribution is 0.398. The summed E-state index contributed by atoms with van der Waals surface area (Å²) in [4.78, 5) is 3.97. The predicted octanol–water partition coefficient (Wildman–Crippen LogP) is 1.50. The number of hydrogen-bond donors (Lipinski definition) is 0. The summed E-state index contributed by atoms with van der Waals surface area (Å²) in [6.07, 6.45) is 3.29. The monoisotopic (exact) mass is 227 g/mol. The van der Waals surface area contributed by atoms with E-state index >= 15 is 0 Å². The van der Waals surface area contributed by atoms with Gasteiger partial charge in [0.15, 0.2) is 0 Å². The zero-order valence-corrected chi connectivity index (χ0v) is 7.95. The second kappa shape index (κ2) is 2.75. The molecular formula is C7H6BrN3O. The third-order valence-corrected chi connectivity index (χ3v) is 2.20. The fourth-order valence-electron chi connectivity index (χ4n) is 1.04. The van der Waals surface area contributed by atoms with Crippen molar-refractivity contribution in [1.82, 2.24) is 14.6 Å². The molecule has 5 heteroatoms. The summed E-state index contributed by atoms with van der Waals surface area (Å²) in [5.41, 5.74) is 0.847. The van der Waals surface area contributed by atoms with Gasteiger partial charge in [-0.05, 0) is 22.0 Å². The molecule has 0 fully saturated rings. The van der Waals surface area contributed by atoms with Crippen molar-refractivity contribution in [3.63, 3.8) is 0 Å².